The molecule has 2 aromatic rings. The third-order valence-electron chi connectivity index (χ3n) is 3.66. The van der Waals surface area contributed by atoms with Gasteiger partial charge in [-0.1, -0.05) is 35.9 Å². The molecule has 0 aromatic heterocycles. The van der Waals surface area contributed by atoms with Crippen molar-refractivity contribution in [2.45, 2.75) is 6.10 Å². The van der Waals surface area contributed by atoms with Crippen LogP contribution in [-0.4, -0.2) is 31.0 Å². The van der Waals surface area contributed by atoms with Gasteiger partial charge in [-0.25, -0.2) is 0 Å². The topological polar surface area (TPSA) is 84.7 Å². The van der Waals surface area contributed by atoms with Gasteiger partial charge in [-0.2, -0.15) is 0 Å². The lowest BCUT2D eigenvalue weighted by Gasteiger charge is -2.34. The van der Waals surface area contributed by atoms with Gasteiger partial charge < -0.3 is 20.7 Å². The first-order valence-corrected chi connectivity index (χ1v) is 7.76. The molecule has 0 saturated heterocycles. The summed E-state index contributed by atoms with van der Waals surface area (Å²) < 4.78 is 5.57. The summed E-state index contributed by atoms with van der Waals surface area (Å²) in [4.78, 5) is 25.6. The van der Waals surface area contributed by atoms with Crippen LogP contribution in [0.4, 0.5) is 11.4 Å². The zero-order valence-electron chi connectivity index (χ0n) is 12.7. The maximum atomic E-state index is 12.4. The van der Waals surface area contributed by atoms with E-state index in [4.69, 9.17) is 22.1 Å². The van der Waals surface area contributed by atoms with Gasteiger partial charge in [0, 0.05) is 0 Å². The van der Waals surface area contributed by atoms with Crippen LogP contribution in [0.1, 0.15) is 0 Å². The van der Waals surface area contributed by atoms with Gasteiger partial charge >= 0.3 is 0 Å². The highest BCUT2D eigenvalue weighted by Gasteiger charge is 2.30. The Hall–Kier alpha value is -2.73. The molecule has 1 aliphatic heterocycles. The van der Waals surface area contributed by atoms with Crippen molar-refractivity contribution in [3.8, 4) is 5.75 Å². The van der Waals surface area contributed by atoms with E-state index < -0.39 is 12.0 Å². The largest absolute Gasteiger partial charge is 0.477 e. The molecular weight excluding hydrogens is 330 g/mol. The Bertz CT molecular complexity index is 781. The van der Waals surface area contributed by atoms with Crippen LogP contribution in [0, 0.1) is 0 Å². The predicted octanol–water partition coefficient (Wildman–Crippen LogP) is 2.03. The summed E-state index contributed by atoms with van der Waals surface area (Å²) in [6, 6.07) is 14.2. The Labute approximate surface area is 144 Å². The van der Waals surface area contributed by atoms with Crippen molar-refractivity contribution in [3.05, 3.63) is 53.6 Å². The second-order valence-corrected chi connectivity index (χ2v) is 5.79. The van der Waals surface area contributed by atoms with E-state index in [0.717, 1.165) is 5.69 Å². The molecule has 0 saturated carbocycles. The molecule has 24 heavy (non-hydrogen) atoms. The van der Waals surface area contributed by atoms with Gasteiger partial charge in [0.05, 0.1) is 29.5 Å². The van der Waals surface area contributed by atoms with Crippen LogP contribution >= 0.6 is 11.6 Å². The quantitative estimate of drug-likeness (QED) is 0.888. The Kier molecular flexibility index (Phi) is 4.57. The number of nitrogens with zero attached hydrogens (tertiary/aromatic N) is 1. The number of anilines is 2. The van der Waals surface area contributed by atoms with Crippen molar-refractivity contribution < 1.29 is 14.3 Å². The highest BCUT2D eigenvalue weighted by molar-refractivity contribution is 6.33. The van der Waals surface area contributed by atoms with E-state index in [2.05, 4.69) is 5.32 Å². The molecule has 0 bridgehead atoms. The minimum absolute atomic E-state index is 0.0510. The zero-order valence-corrected chi connectivity index (χ0v) is 13.5. The van der Waals surface area contributed by atoms with Crippen molar-refractivity contribution in [1.29, 1.82) is 0 Å². The summed E-state index contributed by atoms with van der Waals surface area (Å²) in [6.07, 6.45) is -0.798. The average Bonchev–Trinajstić information content (AvgIpc) is 2.56. The number of nitrogens with one attached hydrogen (secondary N) is 1. The molecule has 2 amide bonds. The third-order valence-corrected chi connectivity index (χ3v) is 3.99. The molecule has 6 nitrogen and oxygen atoms in total. The summed E-state index contributed by atoms with van der Waals surface area (Å²) in [7, 11) is 0. The molecule has 3 rings (SSSR count). The van der Waals surface area contributed by atoms with Crippen LogP contribution < -0.4 is 20.7 Å². The van der Waals surface area contributed by atoms with Gasteiger partial charge in [0.25, 0.3) is 5.91 Å². The molecule has 0 spiro atoms. The van der Waals surface area contributed by atoms with Crippen molar-refractivity contribution >= 4 is 34.8 Å². The van der Waals surface area contributed by atoms with Gasteiger partial charge in [-0.05, 0) is 24.3 Å². The molecule has 1 atom stereocenters. The number of halogens is 1. The first kappa shape index (κ1) is 16.1. The second-order valence-electron chi connectivity index (χ2n) is 5.39. The van der Waals surface area contributed by atoms with E-state index in [-0.39, 0.29) is 19.0 Å². The monoisotopic (exact) mass is 345 g/mol. The molecule has 1 unspecified atom stereocenters. The van der Waals surface area contributed by atoms with E-state index in [9.17, 15) is 9.59 Å². The number of carbonyl (C=O) groups excluding carboxylic acids is 2. The number of fused-ring (bicyclic) bond motifs is 1. The van der Waals surface area contributed by atoms with Crippen LogP contribution in [0.15, 0.2) is 48.5 Å². The number of ether oxygens (including phenoxy) is 1. The van der Waals surface area contributed by atoms with Crippen LogP contribution in [0.5, 0.6) is 5.75 Å². The number of hydrogen-bond donors (Lipinski definition) is 2. The van der Waals surface area contributed by atoms with Gasteiger partial charge in [0.2, 0.25) is 5.91 Å². The van der Waals surface area contributed by atoms with Crippen LogP contribution in [0.25, 0.3) is 0 Å². The molecule has 0 fully saturated rings. The average molecular weight is 346 g/mol. The number of rotatable bonds is 4. The molecule has 0 radical (unpaired) electrons. The summed E-state index contributed by atoms with van der Waals surface area (Å²) >= 11 is 6.05. The second kappa shape index (κ2) is 6.80. The Morgan fingerprint density at radius 3 is 2.67 bits per heavy atom. The number of hydrogen-bond acceptors (Lipinski definition) is 4. The minimum atomic E-state index is -0.798. The van der Waals surface area contributed by atoms with Crippen LogP contribution in [-0.2, 0) is 9.59 Å². The Balaban J connectivity index is 1.77. The predicted molar refractivity (Wildman–Crippen MR) is 92.3 cm³/mol. The van der Waals surface area contributed by atoms with E-state index in [1.54, 1.807) is 41.3 Å². The fourth-order valence-corrected chi connectivity index (χ4v) is 2.71. The van der Waals surface area contributed by atoms with E-state index in [1.807, 2.05) is 12.1 Å². The van der Waals surface area contributed by atoms with E-state index >= 15 is 0 Å². The molecule has 1 heterocycles. The van der Waals surface area contributed by atoms with Crippen LogP contribution in [0.2, 0.25) is 5.02 Å². The molecule has 3 N–H and O–H groups in total. The number of amides is 2. The van der Waals surface area contributed by atoms with Gasteiger partial charge in [0.15, 0.2) is 6.10 Å². The first-order chi connectivity index (χ1) is 11.5. The summed E-state index contributed by atoms with van der Waals surface area (Å²) in [5.74, 6) is -0.290. The maximum absolute atomic E-state index is 12.4. The zero-order chi connectivity index (χ0) is 17.1. The third kappa shape index (κ3) is 3.44. The fraction of sp³-hybridized carbons (Fsp3) is 0.176. The lowest BCUT2D eigenvalue weighted by atomic mass is 10.1. The summed E-state index contributed by atoms with van der Waals surface area (Å²) in [5, 5.41) is 3.22. The molecule has 1 aliphatic rings. The summed E-state index contributed by atoms with van der Waals surface area (Å²) in [5.41, 5.74) is 6.63. The molecule has 7 heteroatoms. The van der Waals surface area contributed by atoms with Crippen molar-refractivity contribution in [2.75, 3.05) is 23.3 Å². The van der Waals surface area contributed by atoms with Crippen LogP contribution in [0.3, 0.4) is 0 Å². The van der Waals surface area contributed by atoms with Gasteiger partial charge in [-0.3, -0.25) is 9.59 Å². The summed E-state index contributed by atoms with van der Waals surface area (Å²) in [6.45, 7) is 0.262. The van der Waals surface area contributed by atoms with Crippen molar-refractivity contribution in [3.63, 3.8) is 0 Å². The standard InChI is InChI=1S/C17H16ClN3O3/c18-11-5-1-2-6-12(11)20-16(22)10-21-9-15(17(19)23)24-14-8-4-3-7-13(14)21/h1-8,15H,9-10H2,(H2,19,23)(H,20,22). The van der Waals surface area contributed by atoms with Gasteiger partial charge in [0.1, 0.15) is 5.75 Å². The Morgan fingerprint density at radius 1 is 1.21 bits per heavy atom. The molecular formula is C17H16ClN3O3. The number of carbonyl (C=O) groups is 2. The molecule has 0 aliphatic carbocycles. The lowest BCUT2D eigenvalue weighted by Crippen LogP contribution is -2.49. The van der Waals surface area contributed by atoms with Gasteiger partial charge in [-0.15, -0.1) is 0 Å². The number of nitrogens with two attached hydrogens (primary N) is 1. The SMILES string of the molecule is NC(=O)C1CN(CC(=O)Nc2ccccc2Cl)c2ccccc2O1. The molecule has 124 valence electrons. The minimum Gasteiger partial charge on any atom is -0.477 e. The lowest BCUT2D eigenvalue weighted by molar-refractivity contribution is -0.125. The first-order valence-electron chi connectivity index (χ1n) is 7.39. The number of para-hydroxylation sites is 3. The normalized spacial score (nSPS) is 16.0. The van der Waals surface area contributed by atoms with E-state index in [1.165, 1.54) is 0 Å². The maximum Gasteiger partial charge on any atom is 0.260 e. The number of primary amides is 1. The fourth-order valence-electron chi connectivity index (χ4n) is 2.53. The highest BCUT2D eigenvalue weighted by atomic mass is 35.5. The smallest absolute Gasteiger partial charge is 0.260 e. The molecule has 2 aromatic carbocycles. The Morgan fingerprint density at radius 2 is 1.92 bits per heavy atom. The number of benzene rings is 2. The van der Waals surface area contributed by atoms with Crippen molar-refractivity contribution in [2.24, 2.45) is 5.73 Å². The van der Waals surface area contributed by atoms with Crippen molar-refractivity contribution in [1.82, 2.24) is 0 Å². The highest BCUT2D eigenvalue weighted by Crippen LogP contribution is 2.33. The van der Waals surface area contributed by atoms with E-state index in [0.29, 0.717) is 16.5 Å².